The van der Waals surface area contributed by atoms with Crippen molar-refractivity contribution >= 4 is 33.5 Å². The molecule has 2 N–H and O–H groups in total. The molecule has 0 bridgehead atoms. The molecule has 1 aliphatic heterocycles. The Balaban J connectivity index is 1.60. The third-order valence-electron chi connectivity index (χ3n) is 5.13. The largest absolute Gasteiger partial charge is 0.452 e. The number of rotatable bonds is 3. The molecule has 0 aromatic heterocycles. The van der Waals surface area contributed by atoms with Crippen LogP contribution in [-0.4, -0.2) is 36.0 Å². The molecule has 3 rings (SSSR count). The van der Waals surface area contributed by atoms with E-state index in [1.165, 1.54) is 25.7 Å². The topological polar surface area (TPSA) is 72.6 Å². The molecule has 1 heterocycles. The highest BCUT2D eigenvalue weighted by molar-refractivity contribution is 9.10. The number of fused-ring (bicyclic) bond motifs is 1. The smallest absolute Gasteiger partial charge is 0.340 e. The van der Waals surface area contributed by atoms with Crippen LogP contribution in [0, 0.1) is 5.92 Å². The Morgan fingerprint density at radius 1 is 1.21 bits per heavy atom. The molecule has 1 aliphatic carbocycles. The number of anilines is 1. The number of piperidine rings is 1. The van der Waals surface area contributed by atoms with E-state index in [0.29, 0.717) is 17.6 Å². The minimum Gasteiger partial charge on any atom is -0.452 e. The zero-order chi connectivity index (χ0) is 17.1. The van der Waals surface area contributed by atoms with Crippen molar-refractivity contribution in [1.82, 2.24) is 4.90 Å². The molecule has 0 radical (unpaired) electrons. The van der Waals surface area contributed by atoms with Gasteiger partial charge in [-0.3, -0.25) is 4.79 Å². The number of hydrogen-bond acceptors (Lipinski definition) is 4. The van der Waals surface area contributed by atoms with E-state index < -0.39 is 5.97 Å². The van der Waals surface area contributed by atoms with Crippen LogP contribution in [0.3, 0.4) is 0 Å². The molecule has 1 saturated heterocycles. The van der Waals surface area contributed by atoms with Crippen LogP contribution in [0.5, 0.6) is 0 Å². The minimum absolute atomic E-state index is 0.0893. The maximum Gasteiger partial charge on any atom is 0.340 e. The first-order chi connectivity index (χ1) is 11.6. The van der Waals surface area contributed by atoms with Crippen LogP contribution in [0.4, 0.5) is 5.69 Å². The van der Waals surface area contributed by atoms with Crippen LogP contribution in [0.25, 0.3) is 0 Å². The molecular formula is C18H23BrN2O3. The van der Waals surface area contributed by atoms with Crippen molar-refractivity contribution < 1.29 is 14.3 Å². The highest BCUT2D eigenvalue weighted by Gasteiger charge is 2.35. The fraction of sp³-hybridized carbons (Fsp3) is 0.556. The van der Waals surface area contributed by atoms with Gasteiger partial charge in [-0.25, -0.2) is 4.79 Å². The number of amides is 1. The Labute approximate surface area is 150 Å². The van der Waals surface area contributed by atoms with Gasteiger partial charge in [0, 0.05) is 22.7 Å². The Kier molecular flexibility index (Phi) is 5.43. The average molecular weight is 395 g/mol. The van der Waals surface area contributed by atoms with Crippen LogP contribution in [0.1, 0.15) is 48.9 Å². The molecule has 0 spiro atoms. The number of halogens is 1. The first-order valence-electron chi connectivity index (χ1n) is 8.58. The lowest BCUT2D eigenvalue weighted by Gasteiger charge is -2.44. The Morgan fingerprint density at radius 2 is 1.96 bits per heavy atom. The van der Waals surface area contributed by atoms with Crippen molar-refractivity contribution in [2.75, 3.05) is 18.9 Å². The van der Waals surface area contributed by atoms with Gasteiger partial charge in [0.1, 0.15) is 0 Å². The molecule has 0 unspecified atom stereocenters. The summed E-state index contributed by atoms with van der Waals surface area (Å²) in [5.41, 5.74) is 6.44. The number of hydrogen-bond donors (Lipinski definition) is 1. The summed E-state index contributed by atoms with van der Waals surface area (Å²) in [5.74, 6) is -0.0271. The van der Waals surface area contributed by atoms with Gasteiger partial charge in [-0.1, -0.05) is 28.8 Å². The van der Waals surface area contributed by atoms with Gasteiger partial charge in [0.15, 0.2) is 6.61 Å². The van der Waals surface area contributed by atoms with Gasteiger partial charge in [0.25, 0.3) is 5.91 Å². The maximum absolute atomic E-state index is 12.5. The van der Waals surface area contributed by atoms with Crippen molar-refractivity contribution in [2.24, 2.45) is 5.92 Å². The zero-order valence-corrected chi connectivity index (χ0v) is 15.3. The number of likely N-dealkylation sites (tertiary alicyclic amines) is 1. The van der Waals surface area contributed by atoms with E-state index in [1.807, 2.05) is 4.90 Å². The Morgan fingerprint density at radius 3 is 2.79 bits per heavy atom. The monoisotopic (exact) mass is 394 g/mol. The van der Waals surface area contributed by atoms with Gasteiger partial charge < -0.3 is 15.4 Å². The number of nitrogen functional groups attached to an aromatic ring is 1. The van der Waals surface area contributed by atoms with Crippen LogP contribution >= 0.6 is 15.9 Å². The number of carbonyl (C=O) groups is 2. The van der Waals surface area contributed by atoms with Crippen LogP contribution in [0.2, 0.25) is 0 Å². The van der Waals surface area contributed by atoms with E-state index in [9.17, 15) is 9.59 Å². The number of nitrogens with two attached hydrogens (primary N) is 1. The van der Waals surface area contributed by atoms with Gasteiger partial charge in [-0.05, 0) is 49.8 Å². The standard InChI is InChI=1S/C18H23BrN2O3/c19-13-7-8-15(20)14(10-13)18(23)24-11-17(22)21-9-3-5-12-4-1-2-6-16(12)21/h7-8,10,12,16H,1-6,9,11,20H2/t12-,16-/m0/s1. The lowest BCUT2D eigenvalue weighted by Crippen LogP contribution is -2.50. The summed E-state index contributed by atoms with van der Waals surface area (Å²) in [6, 6.07) is 5.34. The van der Waals surface area contributed by atoms with E-state index in [2.05, 4.69) is 15.9 Å². The lowest BCUT2D eigenvalue weighted by molar-refractivity contribution is -0.140. The molecule has 130 valence electrons. The molecule has 1 aromatic rings. The van der Waals surface area contributed by atoms with E-state index in [-0.39, 0.29) is 18.1 Å². The molecule has 1 aromatic carbocycles. The Hall–Kier alpha value is -1.56. The van der Waals surface area contributed by atoms with E-state index >= 15 is 0 Å². The molecule has 1 amide bonds. The summed E-state index contributed by atoms with van der Waals surface area (Å²) >= 11 is 3.31. The summed E-state index contributed by atoms with van der Waals surface area (Å²) in [4.78, 5) is 26.7. The fourth-order valence-electron chi connectivity index (χ4n) is 3.93. The highest BCUT2D eigenvalue weighted by Crippen LogP contribution is 2.35. The van der Waals surface area contributed by atoms with Crippen LogP contribution in [0.15, 0.2) is 22.7 Å². The van der Waals surface area contributed by atoms with E-state index in [0.717, 1.165) is 23.9 Å². The molecule has 24 heavy (non-hydrogen) atoms. The second-order valence-electron chi connectivity index (χ2n) is 6.65. The fourth-order valence-corrected chi connectivity index (χ4v) is 4.29. The normalized spacial score (nSPS) is 23.5. The Bertz CT molecular complexity index is 633. The van der Waals surface area contributed by atoms with Crippen molar-refractivity contribution in [3.8, 4) is 0 Å². The number of esters is 1. The average Bonchev–Trinajstić information content (AvgIpc) is 2.61. The quantitative estimate of drug-likeness (QED) is 0.629. The van der Waals surface area contributed by atoms with E-state index in [4.69, 9.17) is 10.5 Å². The summed E-state index contributed by atoms with van der Waals surface area (Å²) in [6.07, 6.45) is 6.98. The van der Waals surface area contributed by atoms with Gasteiger partial charge >= 0.3 is 5.97 Å². The van der Waals surface area contributed by atoms with Crippen molar-refractivity contribution in [3.05, 3.63) is 28.2 Å². The molecule has 1 saturated carbocycles. The summed E-state index contributed by atoms with van der Waals surface area (Å²) < 4.78 is 5.97. The molecule has 5 nitrogen and oxygen atoms in total. The van der Waals surface area contributed by atoms with Crippen LogP contribution in [-0.2, 0) is 9.53 Å². The van der Waals surface area contributed by atoms with E-state index in [1.54, 1.807) is 18.2 Å². The molecule has 2 fully saturated rings. The third kappa shape index (κ3) is 3.74. The van der Waals surface area contributed by atoms with Gasteiger partial charge in [0.05, 0.1) is 5.56 Å². The molecule has 6 heteroatoms. The predicted molar refractivity (Wildman–Crippen MR) is 95.5 cm³/mol. The zero-order valence-electron chi connectivity index (χ0n) is 13.7. The van der Waals surface area contributed by atoms with Crippen molar-refractivity contribution in [3.63, 3.8) is 0 Å². The molecule has 2 atom stereocenters. The predicted octanol–water partition coefficient (Wildman–Crippen LogP) is 3.37. The number of benzene rings is 1. The maximum atomic E-state index is 12.5. The minimum atomic E-state index is -0.556. The molecule has 2 aliphatic rings. The third-order valence-corrected chi connectivity index (χ3v) is 5.62. The second-order valence-corrected chi connectivity index (χ2v) is 7.56. The van der Waals surface area contributed by atoms with Gasteiger partial charge in [-0.2, -0.15) is 0 Å². The van der Waals surface area contributed by atoms with Gasteiger partial charge in [-0.15, -0.1) is 0 Å². The number of carbonyl (C=O) groups excluding carboxylic acids is 2. The second kappa shape index (κ2) is 7.55. The van der Waals surface area contributed by atoms with Crippen LogP contribution < -0.4 is 5.73 Å². The first kappa shape index (κ1) is 17.3. The van der Waals surface area contributed by atoms with Crippen molar-refractivity contribution in [1.29, 1.82) is 0 Å². The number of nitrogens with zero attached hydrogens (tertiary/aromatic N) is 1. The summed E-state index contributed by atoms with van der Waals surface area (Å²) in [5, 5.41) is 0. The highest BCUT2D eigenvalue weighted by atomic mass is 79.9. The first-order valence-corrected chi connectivity index (χ1v) is 9.37. The SMILES string of the molecule is Nc1ccc(Br)cc1C(=O)OCC(=O)N1CCC[C@@H]2CCCC[C@@H]21. The lowest BCUT2D eigenvalue weighted by atomic mass is 9.78. The molecular weight excluding hydrogens is 372 g/mol. The van der Waals surface area contributed by atoms with Crippen molar-refractivity contribution in [2.45, 2.75) is 44.6 Å². The van der Waals surface area contributed by atoms with Gasteiger partial charge in [0.2, 0.25) is 0 Å². The summed E-state index contributed by atoms with van der Waals surface area (Å²) in [7, 11) is 0. The number of ether oxygens (including phenoxy) is 1. The summed E-state index contributed by atoms with van der Waals surface area (Å²) in [6.45, 7) is 0.560.